The van der Waals surface area contributed by atoms with Gasteiger partial charge in [-0.3, -0.25) is 4.98 Å². The summed E-state index contributed by atoms with van der Waals surface area (Å²) in [6, 6.07) is 38.0. The van der Waals surface area contributed by atoms with Gasteiger partial charge in [-0.2, -0.15) is 0 Å². The molecule has 0 unspecified atom stereocenters. The Morgan fingerprint density at radius 1 is 0.594 bits per heavy atom. The van der Waals surface area contributed by atoms with Crippen molar-refractivity contribution in [3.05, 3.63) is 127 Å². The van der Waals surface area contributed by atoms with Crippen molar-refractivity contribution in [1.29, 1.82) is 0 Å². The van der Waals surface area contributed by atoms with E-state index < -0.39 is 0 Å². The monoisotopic (exact) mass is 411 g/mol. The Bertz CT molecular complexity index is 1530. The Morgan fingerprint density at radius 2 is 1.41 bits per heavy atom. The van der Waals surface area contributed by atoms with Gasteiger partial charge in [0.05, 0.1) is 5.69 Å². The van der Waals surface area contributed by atoms with Crippen molar-refractivity contribution in [3.8, 4) is 22.4 Å². The molecular formula is C30H21NO. The second-order valence-electron chi connectivity index (χ2n) is 8.07. The molecule has 4 aromatic carbocycles. The first-order valence-electron chi connectivity index (χ1n) is 10.8. The SMILES string of the molecule is c1ccc(Cc2ccc3oc4c(-c5cc(-c6ccccc6)ccn5)cccc4c3c2)cc1. The molecule has 0 aliphatic heterocycles. The van der Waals surface area contributed by atoms with Crippen LogP contribution in [0, 0.1) is 0 Å². The first kappa shape index (κ1) is 18.6. The number of aromatic nitrogens is 1. The molecule has 0 aliphatic carbocycles. The fraction of sp³-hybridized carbons (Fsp3) is 0.0333. The van der Waals surface area contributed by atoms with Gasteiger partial charge in [-0.05, 0) is 59.0 Å². The number of nitrogens with zero attached hydrogens (tertiary/aromatic N) is 1. The van der Waals surface area contributed by atoms with E-state index in [1.165, 1.54) is 16.7 Å². The molecule has 0 radical (unpaired) electrons. The quantitative estimate of drug-likeness (QED) is 0.295. The minimum absolute atomic E-state index is 0.886. The first-order chi connectivity index (χ1) is 15.8. The van der Waals surface area contributed by atoms with E-state index in [9.17, 15) is 0 Å². The fourth-order valence-electron chi connectivity index (χ4n) is 4.38. The third kappa shape index (κ3) is 3.36. The van der Waals surface area contributed by atoms with Gasteiger partial charge in [-0.15, -0.1) is 0 Å². The maximum atomic E-state index is 6.35. The number of hydrogen-bond donors (Lipinski definition) is 0. The fourth-order valence-corrected chi connectivity index (χ4v) is 4.38. The smallest absolute Gasteiger partial charge is 0.144 e. The van der Waals surface area contributed by atoms with E-state index in [0.717, 1.165) is 45.2 Å². The Morgan fingerprint density at radius 3 is 2.25 bits per heavy atom. The van der Waals surface area contributed by atoms with Crippen LogP contribution in [-0.4, -0.2) is 4.98 Å². The standard InChI is InChI=1S/C30H21NO/c1-3-8-21(9-4-1)18-22-14-15-29-27(19-22)25-12-7-13-26(30(25)32-29)28-20-24(16-17-31-28)23-10-5-2-6-11-23/h1-17,19-20H,18H2. The van der Waals surface area contributed by atoms with Crippen LogP contribution in [0.1, 0.15) is 11.1 Å². The zero-order valence-electron chi connectivity index (χ0n) is 17.5. The summed E-state index contributed by atoms with van der Waals surface area (Å²) in [7, 11) is 0. The molecule has 0 saturated heterocycles. The largest absolute Gasteiger partial charge is 0.455 e. The maximum Gasteiger partial charge on any atom is 0.144 e. The van der Waals surface area contributed by atoms with Gasteiger partial charge >= 0.3 is 0 Å². The summed E-state index contributed by atoms with van der Waals surface area (Å²) >= 11 is 0. The zero-order chi connectivity index (χ0) is 21.3. The number of benzene rings is 4. The number of furan rings is 1. The average Bonchev–Trinajstić information content (AvgIpc) is 3.23. The lowest BCUT2D eigenvalue weighted by atomic mass is 10.0. The summed E-state index contributed by atoms with van der Waals surface area (Å²) < 4.78 is 6.35. The Balaban J connectivity index is 1.46. The van der Waals surface area contributed by atoms with Crippen LogP contribution < -0.4 is 0 Å². The van der Waals surface area contributed by atoms with Gasteiger partial charge in [0, 0.05) is 22.5 Å². The lowest BCUT2D eigenvalue weighted by molar-refractivity contribution is 0.669. The van der Waals surface area contributed by atoms with Crippen LogP contribution in [0.4, 0.5) is 0 Å². The highest BCUT2D eigenvalue weighted by Crippen LogP contribution is 2.36. The van der Waals surface area contributed by atoms with E-state index in [1.54, 1.807) is 0 Å². The van der Waals surface area contributed by atoms with Crippen LogP contribution in [0.15, 0.2) is 120 Å². The van der Waals surface area contributed by atoms with Gasteiger partial charge in [0.1, 0.15) is 11.2 Å². The third-order valence-corrected chi connectivity index (χ3v) is 5.96. The normalized spacial score (nSPS) is 11.2. The van der Waals surface area contributed by atoms with Crippen LogP contribution in [-0.2, 0) is 6.42 Å². The van der Waals surface area contributed by atoms with E-state index in [2.05, 4.69) is 102 Å². The van der Waals surface area contributed by atoms with E-state index in [-0.39, 0.29) is 0 Å². The van der Waals surface area contributed by atoms with Crippen molar-refractivity contribution < 1.29 is 4.42 Å². The number of fused-ring (bicyclic) bond motifs is 3. The molecule has 6 aromatic rings. The molecule has 0 atom stereocenters. The predicted octanol–water partition coefficient (Wildman–Crippen LogP) is 7.91. The second kappa shape index (κ2) is 7.82. The van der Waals surface area contributed by atoms with Crippen molar-refractivity contribution in [1.82, 2.24) is 4.98 Å². The lowest BCUT2D eigenvalue weighted by Gasteiger charge is -2.06. The predicted molar refractivity (Wildman–Crippen MR) is 132 cm³/mol. The molecule has 6 rings (SSSR count). The Labute approximate surface area is 186 Å². The molecule has 32 heavy (non-hydrogen) atoms. The van der Waals surface area contributed by atoms with Crippen molar-refractivity contribution in [2.45, 2.75) is 6.42 Å². The van der Waals surface area contributed by atoms with Crippen LogP contribution in [0.2, 0.25) is 0 Å². The topological polar surface area (TPSA) is 26.0 Å². The molecule has 0 saturated carbocycles. The molecule has 2 heterocycles. The van der Waals surface area contributed by atoms with E-state index >= 15 is 0 Å². The van der Waals surface area contributed by atoms with E-state index in [0.29, 0.717) is 0 Å². The maximum absolute atomic E-state index is 6.35. The summed E-state index contributed by atoms with van der Waals surface area (Å²) in [6.07, 6.45) is 2.78. The van der Waals surface area contributed by atoms with Crippen molar-refractivity contribution in [3.63, 3.8) is 0 Å². The average molecular weight is 412 g/mol. The van der Waals surface area contributed by atoms with Crippen LogP contribution >= 0.6 is 0 Å². The Kier molecular flexibility index (Phi) is 4.54. The highest BCUT2D eigenvalue weighted by atomic mass is 16.3. The van der Waals surface area contributed by atoms with Crippen molar-refractivity contribution in [2.75, 3.05) is 0 Å². The molecule has 2 aromatic heterocycles. The summed E-state index contributed by atoms with van der Waals surface area (Å²) in [5.74, 6) is 0. The van der Waals surface area contributed by atoms with Gasteiger partial charge < -0.3 is 4.42 Å². The second-order valence-corrected chi connectivity index (χ2v) is 8.07. The minimum Gasteiger partial charge on any atom is -0.455 e. The van der Waals surface area contributed by atoms with E-state index in [1.807, 2.05) is 18.3 Å². The number of rotatable bonds is 4. The summed E-state index contributed by atoms with van der Waals surface area (Å²) in [6.45, 7) is 0. The zero-order valence-corrected chi connectivity index (χ0v) is 17.5. The number of hydrogen-bond acceptors (Lipinski definition) is 2. The molecule has 2 heteroatoms. The summed E-state index contributed by atoms with van der Waals surface area (Å²) in [5.41, 5.74) is 8.64. The van der Waals surface area contributed by atoms with Gasteiger partial charge in [0.2, 0.25) is 0 Å². The minimum atomic E-state index is 0.886. The van der Waals surface area contributed by atoms with Gasteiger partial charge in [-0.25, -0.2) is 0 Å². The van der Waals surface area contributed by atoms with Crippen LogP contribution in [0.3, 0.4) is 0 Å². The third-order valence-electron chi connectivity index (χ3n) is 5.96. The van der Waals surface area contributed by atoms with Crippen molar-refractivity contribution >= 4 is 21.9 Å². The molecule has 0 amide bonds. The molecule has 0 N–H and O–H groups in total. The van der Waals surface area contributed by atoms with Gasteiger partial charge in [0.15, 0.2) is 0 Å². The van der Waals surface area contributed by atoms with Gasteiger partial charge in [0.25, 0.3) is 0 Å². The molecule has 152 valence electrons. The van der Waals surface area contributed by atoms with E-state index in [4.69, 9.17) is 4.42 Å². The van der Waals surface area contributed by atoms with Crippen LogP contribution in [0.25, 0.3) is 44.3 Å². The molecule has 0 spiro atoms. The van der Waals surface area contributed by atoms with Gasteiger partial charge in [-0.1, -0.05) is 78.9 Å². The van der Waals surface area contributed by atoms with Crippen molar-refractivity contribution in [2.24, 2.45) is 0 Å². The molecular weight excluding hydrogens is 390 g/mol. The number of pyridine rings is 1. The molecule has 0 aliphatic rings. The molecule has 0 bridgehead atoms. The Hall–Kier alpha value is -4.17. The summed E-state index contributed by atoms with van der Waals surface area (Å²) in [4.78, 5) is 4.67. The van der Waals surface area contributed by atoms with Crippen LogP contribution in [0.5, 0.6) is 0 Å². The first-order valence-corrected chi connectivity index (χ1v) is 10.8. The highest BCUT2D eigenvalue weighted by molar-refractivity contribution is 6.09. The molecule has 2 nitrogen and oxygen atoms in total. The lowest BCUT2D eigenvalue weighted by Crippen LogP contribution is -1.87. The molecule has 0 fully saturated rings. The summed E-state index contributed by atoms with van der Waals surface area (Å²) in [5, 5.41) is 2.27. The highest BCUT2D eigenvalue weighted by Gasteiger charge is 2.14. The number of para-hydroxylation sites is 1.